The Labute approximate surface area is 243 Å². The molecule has 4 aromatic rings. The minimum absolute atomic E-state index is 0.0187. The van der Waals surface area contributed by atoms with Crippen LogP contribution in [0.15, 0.2) is 79.0 Å². The summed E-state index contributed by atoms with van der Waals surface area (Å²) in [5.41, 5.74) is 3.66. The number of aromatic nitrogens is 2. The van der Waals surface area contributed by atoms with E-state index in [1.807, 2.05) is 66.2 Å². The van der Waals surface area contributed by atoms with Crippen molar-refractivity contribution < 1.29 is 23.5 Å². The third kappa shape index (κ3) is 11.8. The van der Waals surface area contributed by atoms with E-state index in [0.717, 1.165) is 41.3 Å². The van der Waals surface area contributed by atoms with Gasteiger partial charge in [-0.25, -0.2) is 9.37 Å². The van der Waals surface area contributed by atoms with E-state index in [9.17, 15) is 14.0 Å². The predicted molar refractivity (Wildman–Crippen MR) is 162 cm³/mol. The summed E-state index contributed by atoms with van der Waals surface area (Å²) < 4.78 is 25.1. The van der Waals surface area contributed by atoms with Gasteiger partial charge in [-0.05, 0) is 93.4 Å². The lowest BCUT2D eigenvalue weighted by Gasteiger charge is -2.06. The number of hydrogen-bond acceptors (Lipinski definition) is 5. The van der Waals surface area contributed by atoms with Crippen molar-refractivity contribution in [2.75, 3.05) is 14.2 Å². The lowest BCUT2D eigenvalue weighted by molar-refractivity contribution is -0.117. The minimum atomic E-state index is -0.303. The van der Waals surface area contributed by atoms with Gasteiger partial charge in [-0.3, -0.25) is 4.79 Å². The first-order valence-corrected chi connectivity index (χ1v) is 13.7. The topological polar surface area (TPSA) is 70.4 Å². The summed E-state index contributed by atoms with van der Waals surface area (Å²) in [6.45, 7) is 7.36. The van der Waals surface area contributed by atoms with Gasteiger partial charge in [0.05, 0.1) is 26.3 Å². The van der Waals surface area contributed by atoms with Gasteiger partial charge in [0, 0.05) is 23.9 Å². The van der Waals surface area contributed by atoms with E-state index in [4.69, 9.17) is 9.47 Å². The molecule has 41 heavy (non-hydrogen) atoms. The van der Waals surface area contributed by atoms with E-state index in [2.05, 4.69) is 11.9 Å². The second kappa shape index (κ2) is 17.4. The van der Waals surface area contributed by atoms with Crippen LogP contribution in [0.5, 0.6) is 11.5 Å². The molecule has 0 radical (unpaired) electrons. The summed E-state index contributed by atoms with van der Waals surface area (Å²) in [5.74, 6) is 2.35. The number of ketones is 2. The summed E-state index contributed by atoms with van der Waals surface area (Å²) in [4.78, 5) is 26.5. The second-order valence-electron chi connectivity index (χ2n) is 9.68. The summed E-state index contributed by atoms with van der Waals surface area (Å²) >= 11 is 0. The van der Waals surface area contributed by atoms with Gasteiger partial charge in [0.2, 0.25) is 0 Å². The summed E-state index contributed by atoms with van der Waals surface area (Å²) in [5, 5.41) is 0. The number of ether oxygens (including phenoxy) is 2. The molecule has 0 unspecified atom stereocenters. The molecule has 0 saturated heterocycles. The van der Waals surface area contributed by atoms with Crippen molar-refractivity contribution in [2.24, 2.45) is 0 Å². The van der Waals surface area contributed by atoms with Gasteiger partial charge in [-0.15, -0.1) is 0 Å². The Hall–Kier alpha value is -4.26. The fraction of sp³-hybridized carbons (Fsp3) is 0.324. The van der Waals surface area contributed by atoms with Crippen LogP contribution in [0.3, 0.4) is 0 Å². The molecule has 3 aromatic carbocycles. The van der Waals surface area contributed by atoms with Crippen molar-refractivity contribution >= 4 is 11.6 Å². The van der Waals surface area contributed by atoms with Crippen LogP contribution in [0.1, 0.15) is 57.8 Å². The zero-order valence-corrected chi connectivity index (χ0v) is 24.9. The van der Waals surface area contributed by atoms with Crippen LogP contribution >= 0.6 is 0 Å². The first-order valence-electron chi connectivity index (χ1n) is 13.7. The molecular weight excluding hydrogens is 519 g/mol. The summed E-state index contributed by atoms with van der Waals surface area (Å²) in [6, 6.07) is 21.6. The highest BCUT2D eigenvalue weighted by Crippen LogP contribution is 2.24. The van der Waals surface area contributed by atoms with Crippen LogP contribution in [0, 0.1) is 12.7 Å². The van der Waals surface area contributed by atoms with E-state index in [-0.39, 0.29) is 18.0 Å². The molecule has 0 amide bonds. The molecule has 218 valence electrons. The normalized spacial score (nSPS) is 10.0. The number of carbonyl (C=O) groups is 2. The molecule has 1 heterocycles. The third-order valence-electron chi connectivity index (χ3n) is 6.03. The molecule has 0 spiro atoms. The number of unbranched alkanes of at least 4 members (excludes halogenated alkanes) is 2. The number of halogens is 1. The lowest BCUT2D eigenvalue weighted by Crippen LogP contribution is -2.05. The molecule has 1 aromatic heterocycles. The minimum Gasteiger partial charge on any atom is -0.497 e. The quantitative estimate of drug-likeness (QED) is 0.184. The summed E-state index contributed by atoms with van der Waals surface area (Å²) in [6.07, 6.45) is 6.31. The van der Waals surface area contributed by atoms with E-state index in [0.29, 0.717) is 11.6 Å². The average molecular weight is 561 g/mol. The number of rotatable bonds is 10. The Morgan fingerprint density at radius 2 is 1.51 bits per heavy atom. The molecule has 0 aliphatic carbocycles. The van der Waals surface area contributed by atoms with Gasteiger partial charge in [-0.1, -0.05) is 31.9 Å². The Balaban J connectivity index is 0.000000283. The number of Topliss-reactive ketones (excluding diaryl/α,β-unsaturated/α-hetero) is 2. The highest BCUT2D eigenvalue weighted by molar-refractivity contribution is 5.78. The average Bonchev–Trinajstić information content (AvgIpc) is 3.37. The first-order chi connectivity index (χ1) is 19.7. The largest absolute Gasteiger partial charge is 0.497 e. The zero-order chi connectivity index (χ0) is 30.2. The maximum atomic E-state index is 13.2. The Kier molecular flexibility index (Phi) is 14.0. The fourth-order valence-corrected chi connectivity index (χ4v) is 3.86. The maximum Gasteiger partial charge on any atom is 0.137 e. The van der Waals surface area contributed by atoms with Crippen molar-refractivity contribution in [3.63, 3.8) is 0 Å². The number of methoxy groups -OCH3 is 2. The van der Waals surface area contributed by atoms with E-state index in [1.165, 1.54) is 37.5 Å². The Morgan fingerprint density at radius 1 is 0.854 bits per heavy atom. The van der Waals surface area contributed by atoms with E-state index >= 15 is 0 Å². The Bertz CT molecular complexity index is 1360. The molecule has 0 saturated carbocycles. The van der Waals surface area contributed by atoms with Crippen LogP contribution in [0.25, 0.3) is 16.9 Å². The highest BCUT2D eigenvalue weighted by Gasteiger charge is 2.13. The number of hydrogen-bond donors (Lipinski definition) is 0. The van der Waals surface area contributed by atoms with Gasteiger partial charge in [0.25, 0.3) is 0 Å². The number of nitrogens with zero attached hydrogens (tertiary/aromatic N) is 2. The second-order valence-corrected chi connectivity index (χ2v) is 9.68. The molecule has 0 aliphatic heterocycles. The van der Waals surface area contributed by atoms with Crippen molar-refractivity contribution in [1.29, 1.82) is 0 Å². The molecule has 4 rings (SSSR count). The van der Waals surface area contributed by atoms with Crippen LogP contribution in [0.2, 0.25) is 0 Å². The maximum absolute atomic E-state index is 13.2. The van der Waals surface area contributed by atoms with E-state index < -0.39 is 0 Å². The van der Waals surface area contributed by atoms with Gasteiger partial charge in [-0.2, -0.15) is 0 Å². The van der Waals surface area contributed by atoms with Gasteiger partial charge in [0.15, 0.2) is 0 Å². The number of benzene rings is 3. The SMILES string of the molecule is CCCCCC(C)=O.COc1ccc(-c2cn(-c3ccc(F)cc3)c(CC(C)=O)n2)cc1.COc1cccc(C)c1. The monoisotopic (exact) mass is 560 g/mol. The number of imidazole rings is 1. The van der Waals surface area contributed by atoms with Crippen LogP contribution in [0.4, 0.5) is 4.39 Å². The Morgan fingerprint density at radius 3 is 2.02 bits per heavy atom. The van der Waals surface area contributed by atoms with Crippen LogP contribution in [-0.2, 0) is 16.0 Å². The molecule has 6 nitrogen and oxygen atoms in total. The molecule has 0 N–H and O–H groups in total. The van der Waals surface area contributed by atoms with E-state index in [1.54, 1.807) is 33.3 Å². The van der Waals surface area contributed by atoms with Crippen molar-refractivity contribution in [3.8, 4) is 28.4 Å². The summed E-state index contributed by atoms with van der Waals surface area (Å²) in [7, 11) is 3.29. The molecule has 0 aliphatic rings. The van der Waals surface area contributed by atoms with Crippen molar-refractivity contribution in [1.82, 2.24) is 9.55 Å². The molecule has 0 bridgehead atoms. The highest BCUT2D eigenvalue weighted by atomic mass is 19.1. The standard InChI is InChI=1S/C19H17FN2O2.C8H10O.C7H14O/c1-13(23)11-19-21-18(14-3-9-17(24-2)10-4-14)12-22(19)16-7-5-15(20)6-8-16;1-7-4-3-5-8(6-7)9-2;1-3-4-5-6-7(2)8/h3-10,12H,11H2,1-2H3;3-6H,1-2H3;3-6H2,1-2H3. The van der Waals surface area contributed by atoms with Gasteiger partial charge < -0.3 is 18.8 Å². The number of aryl methyl sites for hydroxylation is 1. The first kappa shape index (κ1) is 32.9. The molecule has 7 heteroatoms. The zero-order valence-electron chi connectivity index (χ0n) is 24.9. The van der Waals surface area contributed by atoms with Crippen LogP contribution < -0.4 is 9.47 Å². The third-order valence-corrected chi connectivity index (χ3v) is 6.03. The lowest BCUT2D eigenvalue weighted by atomic mass is 10.1. The van der Waals surface area contributed by atoms with Gasteiger partial charge >= 0.3 is 0 Å². The van der Waals surface area contributed by atoms with Crippen molar-refractivity contribution in [2.45, 2.75) is 59.8 Å². The van der Waals surface area contributed by atoms with Gasteiger partial charge in [0.1, 0.15) is 34.7 Å². The number of carbonyl (C=O) groups excluding carboxylic acids is 2. The van der Waals surface area contributed by atoms with Crippen LogP contribution in [-0.4, -0.2) is 35.3 Å². The molecular formula is C34H41FN2O4. The molecule has 0 fully saturated rings. The predicted octanol–water partition coefficient (Wildman–Crippen LogP) is 7.98. The fourth-order valence-electron chi connectivity index (χ4n) is 3.86. The smallest absolute Gasteiger partial charge is 0.137 e. The molecule has 0 atom stereocenters. The van der Waals surface area contributed by atoms with Crippen molar-refractivity contribution in [3.05, 3.63) is 96.2 Å².